The number of carbonyl (C=O) groups is 2. The Labute approximate surface area is 141 Å². The third-order valence-electron chi connectivity index (χ3n) is 3.80. The number of carboxylic acids is 1. The number of amides is 1. The largest absolute Gasteiger partial charge is 0.478 e. The van der Waals surface area contributed by atoms with Crippen molar-refractivity contribution in [2.24, 2.45) is 0 Å². The zero-order valence-electron chi connectivity index (χ0n) is 13.4. The van der Waals surface area contributed by atoms with E-state index in [1.807, 2.05) is 0 Å². The summed E-state index contributed by atoms with van der Waals surface area (Å²) in [6.07, 6.45) is 2.96. The third kappa shape index (κ3) is 3.57. The van der Waals surface area contributed by atoms with Gasteiger partial charge in [0.1, 0.15) is 5.65 Å². The molecule has 128 valence electrons. The van der Waals surface area contributed by atoms with Gasteiger partial charge in [-0.3, -0.25) is 19.9 Å². The van der Waals surface area contributed by atoms with E-state index >= 15 is 0 Å². The van der Waals surface area contributed by atoms with Crippen LogP contribution in [0.4, 0.5) is 5.95 Å². The number of hydrogen-bond acceptors (Lipinski definition) is 4. The van der Waals surface area contributed by atoms with Crippen LogP contribution in [0.25, 0.3) is 11.0 Å². The Bertz CT molecular complexity index is 1000. The first kappa shape index (κ1) is 16.4. The highest BCUT2D eigenvalue weighted by Gasteiger charge is 2.12. The lowest BCUT2D eigenvalue weighted by atomic mass is 10.0. The number of aromatic nitrogens is 3. The van der Waals surface area contributed by atoms with Crippen LogP contribution in [-0.4, -0.2) is 31.9 Å². The summed E-state index contributed by atoms with van der Waals surface area (Å²) in [6, 6.07) is 6.63. The molecule has 1 aromatic carbocycles. The Balaban J connectivity index is 1.81. The van der Waals surface area contributed by atoms with Crippen LogP contribution in [0.15, 0.2) is 35.3 Å². The topological polar surface area (TPSA) is 128 Å². The van der Waals surface area contributed by atoms with Crippen molar-refractivity contribution < 1.29 is 14.7 Å². The number of rotatable bonds is 5. The number of aromatic carboxylic acids is 1. The molecule has 1 amide bonds. The lowest BCUT2D eigenvalue weighted by Gasteiger charge is -2.03. The average Bonchev–Trinajstić information content (AvgIpc) is 2.96. The molecule has 2 aromatic heterocycles. The number of aryl methyl sites for hydroxylation is 2. The number of fused-ring (bicyclic) bond motifs is 1. The minimum Gasteiger partial charge on any atom is -0.478 e. The van der Waals surface area contributed by atoms with Crippen molar-refractivity contribution in [2.75, 3.05) is 5.32 Å². The van der Waals surface area contributed by atoms with Crippen molar-refractivity contribution in [3.63, 3.8) is 0 Å². The van der Waals surface area contributed by atoms with Crippen molar-refractivity contribution in [1.82, 2.24) is 15.0 Å². The van der Waals surface area contributed by atoms with Crippen LogP contribution in [-0.2, 0) is 17.6 Å². The third-order valence-corrected chi connectivity index (χ3v) is 3.80. The van der Waals surface area contributed by atoms with Crippen LogP contribution in [0, 0.1) is 0 Å². The van der Waals surface area contributed by atoms with Crippen LogP contribution in [0.1, 0.15) is 28.4 Å². The van der Waals surface area contributed by atoms with Crippen LogP contribution < -0.4 is 10.9 Å². The van der Waals surface area contributed by atoms with Gasteiger partial charge in [0.25, 0.3) is 5.56 Å². The van der Waals surface area contributed by atoms with E-state index in [0.29, 0.717) is 23.9 Å². The number of carboxylic acid groups (broad SMARTS) is 1. The van der Waals surface area contributed by atoms with Crippen molar-refractivity contribution >= 4 is 28.9 Å². The van der Waals surface area contributed by atoms with E-state index in [2.05, 4.69) is 20.3 Å². The molecule has 0 fully saturated rings. The molecular weight excluding hydrogens is 324 g/mol. The zero-order valence-corrected chi connectivity index (χ0v) is 13.4. The molecule has 0 saturated carbocycles. The summed E-state index contributed by atoms with van der Waals surface area (Å²) in [7, 11) is 0. The quantitative estimate of drug-likeness (QED) is 0.562. The normalized spacial score (nSPS) is 10.8. The summed E-state index contributed by atoms with van der Waals surface area (Å²) in [5.74, 6) is -1.18. The van der Waals surface area contributed by atoms with Crippen LogP contribution in [0.5, 0.6) is 0 Å². The highest BCUT2D eigenvalue weighted by molar-refractivity contribution is 5.88. The number of H-pyrrole nitrogens is 2. The molecule has 3 aromatic rings. The maximum Gasteiger partial charge on any atom is 0.335 e. The van der Waals surface area contributed by atoms with E-state index in [1.54, 1.807) is 30.5 Å². The first-order valence-corrected chi connectivity index (χ1v) is 7.64. The number of anilines is 1. The molecule has 2 heterocycles. The van der Waals surface area contributed by atoms with E-state index in [-0.39, 0.29) is 23.0 Å². The predicted octanol–water partition coefficient (Wildman–Crippen LogP) is 1.69. The van der Waals surface area contributed by atoms with Crippen LogP contribution >= 0.6 is 0 Å². The molecule has 0 spiro atoms. The number of hydrogen-bond donors (Lipinski definition) is 4. The molecule has 0 radical (unpaired) electrons. The number of nitrogens with one attached hydrogen (secondary N) is 3. The summed E-state index contributed by atoms with van der Waals surface area (Å²) in [5.41, 5.74) is 2.09. The second-order valence-electron chi connectivity index (χ2n) is 5.64. The molecule has 0 bridgehead atoms. The van der Waals surface area contributed by atoms with Gasteiger partial charge < -0.3 is 10.1 Å². The van der Waals surface area contributed by atoms with Crippen molar-refractivity contribution in [3.05, 3.63) is 57.5 Å². The molecule has 0 atom stereocenters. The fraction of sp³-hybridized carbons (Fsp3) is 0.176. The summed E-state index contributed by atoms with van der Waals surface area (Å²) < 4.78 is 0. The smallest absolute Gasteiger partial charge is 0.335 e. The molecule has 8 heteroatoms. The number of carbonyl (C=O) groups excluding carboxylic acids is 1. The molecule has 0 unspecified atom stereocenters. The fourth-order valence-corrected chi connectivity index (χ4v) is 2.62. The van der Waals surface area contributed by atoms with Gasteiger partial charge in [0.15, 0.2) is 0 Å². The number of benzene rings is 1. The Morgan fingerprint density at radius 2 is 1.92 bits per heavy atom. The molecule has 4 N–H and O–H groups in total. The number of aromatic amines is 2. The summed E-state index contributed by atoms with van der Waals surface area (Å²) in [5, 5.41) is 11.8. The second-order valence-corrected chi connectivity index (χ2v) is 5.64. The minimum atomic E-state index is -0.962. The van der Waals surface area contributed by atoms with Gasteiger partial charge in [-0.2, -0.15) is 4.98 Å². The monoisotopic (exact) mass is 340 g/mol. The average molecular weight is 340 g/mol. The molecule has 0 saturated heterocycles. The molecule has 0 aliphatic carbocycles. The Morgan fingerprint density at radius 3 is 2.56 bits per heavy atom. The molecular formula is C17H16N4O4. The molecule has 8 nitrogen and oxygen atoms in total. The van der Waals surface area contributed by atoms with Gasteiger partial charge in [0.05, 0.1) is 10.9 Å². The first-order valence-electron chi connectivity index (χ1n) is 7.64. The van der Waals surface area contributed by atoms with Gasteiger partial charge in [-0.15, -0.1) is 0 Å². The summed E-state index contributed by atoms with van der Waals surface area (Å²) in [4.78, 5) is 43.9. The van der Waals surface area contributed by atoms with E-state index in [1.165, 1.54) is 6.92 Å². The zero-order chi connectivity index (χ0) is 18.0. The molecule has 25 heavy (non-hydrogen) atoms. The van der Waals surface area contributed by atoms with Gasteiger partial charge in [0, 0.05) is 13.1 Å². The van der Waals surface area contributed by atoms with E-state index in [4.69, 9.17) is 5.11 Å². The lowest BCUT2D eigenvalue weighted by Crippen LogP contribution is -2.16. The van der Waals surface area contributed by atoms with Gasteiger partial charge in [0.2, 0.25) is 11.9 Å². The van der Waals surface area contributed by atoms with E-state index < -0.39 is 5.97 Å². The van der Waals surface area contributed by atoms with Crippen molar-refractivity contribution in [3.8, 4) is 0 Å². The van der Waals surface area contributed by atoms with Gasteiger partial charge in [-0.05, 0) is 36.1 Å². The van der Waals surface area contributed by atoms with Crippen molar-refractivity contribution in [2.45, 2.75) is 19.8 Å². The summed E-state index contributed by atoms with van der Waals surface area (Å²) in [6.45, 7) is 1.33. The lowest BCUT2D eigenvalue weighted by molar-refractivity contribution is -0.114. The van der Waals surface area contributed by atoms with E-state index in [9.17, 15) is 14.4 Å². The highest BCUT2D eigenvalue weighted by atomic mass is 16.4. The Morgan fingerprint density at radius 1 is 1.20 bits per heavy atom. The predicted molar refractivity (Wildman–Crippen MR) is 91.8 cm³/mol. The molecule has 3 rings (SSSR count). The van der Waals surface area contributed by atoms with Gasteiger partial charge in [-0.25, -0.2) is 4.79 Å². The van der Waals surface area contributed by atoms with Crippen LogP contribution in [0.3, 0.4) is 0 Å². The maximum atomic E-state index is 12.3. The first-order chi connectivity index (χ1) is 11.9. The Kier molecular flexibility index (Phi) is 4.34. The second kappa shape index (κ2) is 6.60. The highest BCUT2D eigenvalue weighted by Crippen LogP contribution is 2.16. The Hall–Kier alpha value is -3.42. The number of nitrogens with zero attached hydrogens (tertiary/aromatic N) is 1. The molecule has 0 aliphatic rings. The minimum absolute atomic E-state index is 0.0997. The standard InChI is InChI=1S/C17H16N4O4/c1-9(22)19-17-20-14-13(15(23)21-17)12(8-18-14)7-4-10-2-5-11(6-3-10)16(24)25/h2-3,5-6,8H,4,7H2,1H3,(H,24,25)(H3,18,19,20,21,22,23). The molecule has 0 aliphatic heterocycles. The van der Waals surface area contributed by atoms with Crippen molar-refractivity contribution in [1.29, 1.82) is 0 Å². The van der Waals surface area contributed by atoms with Gasteiger partial charge >= 0.3 is 5.97 Å². The van der Waals surface area contributed by atoms with Gasteiger partial charge in [-0.1, -0.05) is 12.1 Å². The summed E-state index contributed by atoms with van der Waals surface area (Å²) >= 11 is 0. The van der Waals surface area contributed by atoms with Crippen LogP contribution in [0.2, 0.25) is 0 Å². The SMILES string of the molecule is CC(=O)Nc1nc2[nH]cc(CCc3ccc(C(=O)O)cc3)c2c(=O)[nH]1. The van der Waals surface area contributed by atoms with E-state index in [0.717, 1.165) is 11.1 Å². The fourth-order valence-electron chi connectivity index (χ4n) is 2.62. The maximum absolute atomic E-state index is 12.3.